The maximum absolute atomic E-state index is 8.81. The number of halogens is 1. The van der Waals surface area contributed by atoms with Crippen LogP contribution in [0.4, 0.5) is 0 Å². The van der Waals surface area contributed by atoms with Crippen LogP contribution in [0.2, 0.25) is 0 Å². The van der Waals surface area contributed by atoms with Crippen LogP contribution in [-0.4, -0.2) is 6.54 Å². The third-order valence-corrected chi connectivity index (χ3v) is 1.90. The molecule has 0 heterocycles. The van der Waals surface area contributed by atoms with Crippen LogP contribution in [0.3, 0.4) is 0 Å². The second kappa shape index (κ2) is 5.43. The van der Waals surface area contributed by atoms with E-state index in [2.05, 4.69) is 18.0 Å². The fourth-order valence-corrected chi connectivity index (χ4v) is 1.21. The molecule has 0 spiro atoms. The molecule has 0 aromatic heterocycles. The number of rotatable bonds is 4. The fraction of sp³-hybridized carbons (Fsp3) is 0.182. The van der Waals surface area contributed by atoms with Gasteiger partial charge in [-0.25, -0.2) is 0 Å². The first-order chi connectivity index (χ1) is 6.74. The first-order valence-electron chi connectivity index (χ1n) is 4.26. The summed E-state index contributed by atoms with van der Waals surface area (Å²) >= 11 is 5.60. The molecule has 0 radical (unpaired) electrons. The number of benzene rings is 1. The zero-order valence-electron chi connectivity index (χ0n) is 7.76. The van der Waals surface area contributed by atoms with Crippen molar-refractivity contribution in [3.8, 4) is 6.07 Å². The van der Waals surface area contributed by atoms with E-state index in [1.807, 2.05) is 18.2 Å². The van der Waals surface area contributed by atoms with Crippen molar-refractivity contribution in [1.29, 1.82) is 5.26 Å². The largest absolute Gasteiger partial charge is 0.308 e. The standard InChI is InChI=1S/C11H11ClN2/c1-9(12)7-14-8-11-5-3-2-4-10(11)6-13/h2-5,14H,1,7-8H2. The summed E-state index contributed by atoms with van der Waals surface area (Å²) in [5, 5.41) is 12.5. The number of hydrogen-bond acceptors (Lipinski definition) is 2. The molecule has 0 aliphatic carbocycles. The summed E-state index contributed by atoms with van der Waals surface area (Å²) < 4.78 is 0. The van der Waals surface area contributed by atoms with Crippen molar-refractivity contribution in [1.82, 2.24) is 5.32 Å². The monoisotopic (exact) mass is 206 g/mol. The second-order valence-electron chi connectivity index (χ2n) is 2.89. The zero-order chi connectivity index (χ0) is 10.4. The average Bonchev–Trinajstić information content (AvgIpc) is 2.18. The van der Waals surface area contributed by atoms with Gasteiger partial charge in [0.25, 0.3) is 0 Å². The molecule has 0 fully saturated rings. The van der Waals surface area contributed by atoms with Crippen molar-refractivity contribution >= 4 is 11.6 Å². The van der Waals surface area contributed by atoms with Gasteiger partial charge in [0.2, 0.25) is 0 Å². The second-order valence-corrected chi connectivity index (χ2v) is 3.42. The first-order valence-corrected chi connectivity index (χ1v) is 4.64. The first kappa shape index (κ1) is 10.8. The summed E-state index contributed by atoms with van der Waals surface area (Å²) in [5.74, 6) is 0. The molecular formula is C11H11ClN2. The van der Waals surface area contributed by atoms with E-state index < -0.39 is 0 Å². The maximum atomic E-state index is 8.81. The Balaban J connectivity index is 2.59. The van der Waals surface area contributed by atoms with E-state index in [0.717, 1.165) is 5.56 Å². The van der Waals surface area contributed by atoms with Crippen molar-refractivity contribution in [2.75, 3.05) is 6.54 Å². The highest BCUT2D eigenvalue weighted by atomic mass is 35.5. The van der Waals surface area contributed by atoms with Gasteiger partial charge in [0, 0.05) is 18.1 Å². The maximum Gasteiger partial charge on any atom is 0.0995 e. The minimum Gasteiger partial charge on any atom is -0.308 e. The Morgan fingerprint density at radius 1 is 1.50 bits per heavy atom. The Morgan fingerprint density at radius 2 is 2.21 bits per heavy atom. The molecule has 1 rings (SSSR count). The lowest BCUT2D eigenvalue weighted by Gasteiger charge is -2.04. The Morgan fingerprint density at radius 3 is 2.86 bits per heavy atom. The van der Waals surface area contributed by atoms with Gasteiger partial charge < -0.3 is 5.32 Å². The van der Waals surface area contributed by atoms with Crippen LogP contribution < -0.4 is 5.32 Å². The summed E-state index contributed by atoms with van der Waals surface area (Å²) in [6, 6.07) is 9.62. The molecule has 1 aromatic rings. The molecule has 0 bridgehead atoms. The van der Waals surface area contributed by atoms with Gasteiger partial charge >= 0.3 is 0 Å². The lowest BCUT2D eigenvalue weighted by Crippen LogP contribution is -2.15. The molecule has 0 aliphatic rings. The van der Waals surface area contributed by atoms with E-state index in [9.17, 15) is 0 Å². The summed E-state index contributed by atoms with van der Waals surface area (Å²) in [5.41, 5.74) is 1.67. The molecule has 0 amide bonds. The van der Waals surface area contributed by atoms with Gasteiger partial charge in [-0.1, -0.05) is 36.4 Å². The van der Waals surface area contributed by atoms with E-state index in [1.165, 1.54) is 0 Å². The Hall–Kier alpha value is -1.30. The third kappa shape index (κ3) is 3.21. The van der Waals surface area contributed by atoms with Crippen molar-refractivity contribution in [2.24, 2.45) is 0 Å². The molecular weight excluding hydrogens is 196 g/mol. The minimum atomic E-state index is 0.557. The molecule has 0 saturated heterocycles. The lowest BCUT2D eigenvalue weighted by atomic mass is 10.1. The van der Waals surface area contributed by atoms with E-state index >= 15 is 0 Å². The van der Waals surface area contributed by atoms with E-state index in [0.29, 0.717) is 23.7 Å². The molecule has 2 nitrogen and oxygen atoms in total. The number of nitriles is 1. The number of hydrogen-bond donors (Lipinski definition) is 1. The fourth-order valence-electron chi connectivity index (χ4n) is 1.12. The summed E-state index contributed by atoms with van der Waals surface area (Å²) in [6.45, 7) is 4.76. The Bertz CT molecular complexity index is 366. The molecule has 3 heteroatoms. The average molecular weight is 207 g/mol. The SMILES string of the molecule is C=C(Cl)CNCc1ccccc1C#N. The summed E-state index contributed by atoms with van der Waals surface area (Å²) in [6.07, 6.45) is 0. The predicted molar refractivity (Wildman–Crippen MR) is 57.9 cm³/mol. The quantitative estimate of drug-likeness (QED) is 0.821. The molecule has 72 valence electrons. The van der Waals surface area contributed by atoms with E-state index in [-0.39, 0.29) is 0 Å². The highest BCUT2D eigenvalue weighted by molar-refractivity contribution is 6.29. The van der Waals surface area contributed by atoms with Gasteiger partial charge in [-0.15, -0.1) is 0 Å². The van der Waals surface area contributed by atoms with Crippen LogP contribution in [0.15, 0.2) is 35.9 Å². The normalized spacial score (nSPS) is 9.43. The van der Waals surface area contributed by atoms with E-state index in [4.69, 9.17) is 16.9 Å². The van der Waals surface area contributed by atoms with Gasteiger partial charge in [0.05, 0.1) is 11.6 Å². The Kier molecular flexibility index (Phi) is 4.18. The van der Waals surface area contributed by atoms with Crippen molar-refractivity contribution in [3.05, 3.63) is 47.0 Å². The zero-order valence-corrected chi connectivity index (χ0v) is 8.51. The van der Waals surface area contributed by atoms with E-state index in [1.54, 1.807) is 6.07 Å². The minimum absolute atomic E-state index is 0.557. The highest BCUT2D eigenvalue weighted by Gasteiger charge is 1.99. The van der Waals surface area contributed by atoms with Gasteiger partial charge in [-0.2, -0.15) is 5.26 Å². The molecule has 0 saturated carbocycles. The number of nitrogens with zero attached hydrogens (tertiary/aromatic N) is 1. The molecule has 14 heavy (non-hydrogen) atoms. The van der Waals surface area contributed by atoms with Crippen LogP contribution in [0.25, 0.3) is 0 Å². The predicted octanol–water partition coefficient (Wildman–Crippen LogP) is 2.40. The number of nitrogens with one attached hydrogen (secondary N) is 1. The van der Waals surface area contributed by atoms with Crippen LogP contribution in [-0.2, 0) is 6.54 Å². The molecule has 1 N–H and O–H groups in total. The molecule has 1 aromatic carbocycles. The summed E-state index contributed by atoms with van der Waals surface area (Å²) in [7, 11) is 0. The van der Waals surface area contributed by atoms with Crippen LogP contribution in [0.1, 0.15) is 11.1 Å². The van der Waals surface area contributed by atoms with Crippen LogP contribution >= 0.6 is 11.6 Å². The lowest BCUT2D eigenvalue weighted by molar-refractivity contribution is 0.753. The highest BCUT2D eigenvalue weighted by Crippen LogP contribution is 2.06. The van der Waals surface area contributed by atoms with Gasteiger partial charge in [-0.05, 0) is 11.6 Å². The van der Waals surface area contributed by atoms with Crippen LogP contribution in [0, 0.1) is 11.3 Å². The molecule has 0 aliphatic heterocycles. The van der Waals surface area contributed by atoms with Crippen molar-refractivity contribution in [2.45, 2.75) is 6.54 Å². The van der Waals surface area contributed by atoms with Crippen LogP contribution in [0.5, 0.6) is 0 Å². The van der Waals surface area contributed by atoms with Gasteiger partial charge in [0.15, 0.2) is 0 Å². The third-order valence-electron chi connectivity index (χ3n) is 1.77. The topological polar surface area (TPSA) is 35.8 Å². The summed E-state index contributed by atoms with van der Waals surface area (Å²) in [4.78, 5) is 0. The van der Waals surface area contributed by atoms with Crippen molar-refractivity contribution in [3.63, 3.8) is 0 Å². The Labute approximate surface area is 88.8 Å². The molecule has 0 unspecified atom stereocenters. The smallest absolute Gasteiger partial charge is 0.0995 e. The molecule has 0 atom stereocenters. The van der Waals surface area contributed by atoms with Crippen molar-refractivity contribution < 1.29 is 0 Å². The van der Waals surface area contributed by atoms with Gasteiger partial charge in [-0.3, -0.25) is 0 Å². The van der Waals surface area contributed by atoms with Gasteiger partial charge in [0.1, 0.15) is 0 Å².